The van der Waals surface area contributed by atoms with Crippen LogP contribution in [0.3, 0.4) is 0 Å². The zero-order valence-corrected chi connectivity index (χ0v) is 14.2. The predicted octanol–water partition coefficient (Wildman–Crippen LogP) is 3.00. The van der Waals surface area contributed by atoms with Crippen molar-refractivity contribution in [3.63, 3.8) is 0 Å². The Hall–Kier alpha value is -2.22. The fourth-order valence-corrected chi connectivity index (χ4v) is 2.51. The number of halogens is 1. The number of hydrogen-bond donors (Lipinski definition) is 1. The third-order valence-corrected chi connectivity index (χ3v) is 3.85. The highest BCUT2D eigenvalue weighted by Crippen LogP contribution is 2.19. The molecule has 0 unspecified atom stereocenters. The van der Waals surface area contributed by atoms with Gasteiger partial charge in [0.05, 0.1) is 23.4 Å². The summed E-state index contributed by atoms with van der Waals surface area (Å²) in [7, 11) is 0. The van der Waals surface area contributed by atoms with E-state index in [1.807, 2.05) is 0 Å². The van der Waals surface area contributed by atoms with Crippen molar-refractivity contribution in [2.75, 3.05) is 5.32 Å². The van der Waals surface area contributed by atoms with E-state index in [4.69, 9.17) is 4.42 Å². The Labute approximate surface area is 141 Å². The smallest absolute Gasteiger partial charge is 0.234 e. The molecular weight excluding hydrogens is 362 g/mol. The molecule has 3 heterocycles. The number of aryl methyl sites for hydroxylation is 1. The van der Waals surface area contributed by atoms with Crippen LogP contribution >= 0.6 is 15.9 Å². The first-order chi connectivity index (χ1) is 11.2. The van der Waals surface area contributed by atoms with Crippen molar-refractivity contribution in [1.29, 1.82) is 0 Å². The fraction of sp³-hybridized carbons (Fsp3) is 0.333. The van der Waals surface area contributed by atoms with E-state index in [0.29, 0.717) is 23.2 Å². The number of nitrogens with one attached hydrogen (secondary N) is 1. The molecule has 8 heteroatoms. The Morgan fingerprint density at radius 1 is 1.43 bits per heavy atom. The number of unbranched alkanes of at least 4 members (excludes halogenated alkanes) is 1. The standard InChI is InChI=1S/C15H16BrN5O2/c1-2-3-6-12-18-14-11(16)9-17-21(14)15(19-12)20-13(22)8-10-5-4-7-23-10/h4-5,7,9H,2-3,6,8H2,1H3,(H,18,19,20,22). The molecule has 0 aliphatic rings. The summed E-state index contributed by atoms with van der Waals surface area (Å²) >= 11 is 3.42. The van der Waals surface area contributed by atoms with Crippen molar-refractivity contribution in [3.05, 3.63) is 40.7 Å². The predicted molar refractivity (Wildman–Crippen MR) is 88.1 cm³/mol. The highest BCUT2D eigenvalue weighted by atomic mass is 79.9. The van der Waals surface area contributed by atoms with Gasteiger partial charge in [0.2, 0.25) is 11.9 Å². The van der Waals surface area contributed by atoms with E-state index in [2.05, 4.69) is 43.2 Å². The minimum atomic E-state index is -0.215. The Bertz CT molecular complexity index is 813. The van der Waals surface area contributed by atoms with Crippen LogP contribution in [0.2, 0.25) is 0 Å². The number of nitrogens with zero attached hydrogens (tertiary/aromatic N) is 4. The summed E-state index contributed by atoms with van der Waals surface area (Å²) in [5.74, 6) is 1.44. The van der Waals surface area contributed by atoms with Crippen LogP contribution in [-0.4, -0.2) is 25.5 Å². The van der Waals surface area contributed by atoms with Crippen LogP contribution in [0.15, 0.2) is 33.5 Å². The number of hydrogen-bond acceptors (Lipinski definition) is 5. The molecular formula is C15H16BrN5O2. The first-order valence-corrected chi connectivity index (χ1v) is 8.19. The van der Waals surface area contributed by atoms with Crippen LogP contribution < -0.4 is 5.32 Å². The normalized spacial score (nSPS) is 11.0. The highest BCUT2D eigenvalue weighted by Gasteiger charge is 2.14. The van der Waals surface area contributed by atoms with Gasteiger partial charge in [0.15, 0.2) is 5.65 Å². The first-order valence-electron chi connectivity index (χ1n) is 7.39. The van der Waals surface area contributed by atoms with Crippen molar-refractivity contribution in [1.82, 2.24) is 19.6 Å². The number of fused-ring (bicyclic) bond motifs is 1. The van der Waals surface area contributed by atoms with E-state index in [-0.39, 0.29) is 12.3 Å². The zero-order valence-electron chi connectivity index (χ0n) is 12.6. The molecule has 0 spiro atoms. The van der Waals surface area contributed by atoms with Crippen LogP contribution in [0.4, 0.5) is 5.95 Å². The SMILES string of the molecule is CCCCc1nc(NC(=O)Cc2ccco2)n2ncc(Br)c2n1. The van der Waals surface area contributed by atoms with Crippen molar-refractivity contribution in [2.24, 2.45) is 0 Å². The fourth-order valence-electron chi connectivity index (χ4n) is 2.16. The van der Waals surface area contributed by atoms with Gasteiger partial charge in [-0.3, -0.25) is 10.1 Å². The third-order valence-electron chi connectivity index (χ3n) is 3.29. The summed E-state index contributed by atoms with van der Waals surface area (Å²) in [5.41, 5.74) is 0.638. The molecule has 0 aliphatic heterocycles. The lowest BCUT2D eigenvalue weighted by molar-refractivity contribution is -0.115. The molecule has 0 saturated heterocycles. The third kappa shape index (κ3) is 3.58. The molecule has 1 N–H and O–H groups in total. The zero-order chi connectivity index (χ0) is 16.2. The second kappa shape index (κ2) is 6.91. The molecule has 1 amide bonds. The van der Waals surface area contributed by atoms with E-state index in [0.717, 1.165) is 23.7 Å². The second-order valence-corrected chi connectivity index (χ2v) is 5.95. The van der Waals surface area contributed by atoms with Crippen molar-refractivity contribution >= 4 is 33.4 Å². The maximum Gasteiger partial charge on any atom is 0.234 e. The molecule has 0 atom stereocenters. The minimum absolute atomic E-state index is 0.144. The molecule has 23 heavy (non-hydrogen) atoms. The second-order valence-electron chi connectivity index (χ2n) is 5.10. The van der Waals surface area contributed by atoms with Crippen molar-refractivity contribution in [3.8, 4) is 0 Å². The van der Waals surface area contributed by atoms with Gasteiger partial charge in [0.1, 0.15) is 11.6 Å². The van der Waals surface area contributed by atoms with Gasteiger partial charge in [0, 0.05) is 6.42 Å². The molecule has 0 aliphatic carbocycles. The monoisotopic (exact) mass is 377 g/mol. The number of anilines is 1. The molecule has 0 fully saturated rings. The van der Waals surface area contributed by atoms with Crippen LogP contribution in [-0.2, 0) is 17.6 Å². The summed E-state index contributed by atoms with van der Waals surface area (Å²) in [6.45, 7) is 2.11. The van der Waals surface area contributed by atoms with Gasteiger partial charge in [0.25, 0.3) is 0 Å². The molecule has 0 bridgehead atoms. The lowest BCUT2D eigenvalue weighted by Crippen LogP contribution is -2.19. The Morgan fingerprint density at radius 3 is 3.04 bits per heavy atom. The van der Waals surface area contributed by atoms with Gasteiger partial charge in [-0.2, -0.15) is 14.6 Å². The molecule has 3 aromatic heterocycles. The average Bonchev–Trinajstić information content (AvgIpc) is 3.16. The quantitative estimate of drug-likeness (QED) is 0.713. The number of aromatic nitrogens is 4. The van der Waals surface area contributed by atoms with Crippen LogP contribution in [0.25, 0.3) is 5.65 Å². The Morgan fingerprint density at radius 2 is 2.30 bits per heavy atom. The van der Waals surface area contributed by atoms with E-state index in [9.17, 15) is 4.79 Å². The van der Waals surface area contributed by atoms with Crippen molar-refractivity contribution < 1.29 is 9.21 Å². The lowest BCUT2D eigenvalue weighted by atomic mass is 10.2. The summed E-state index contributed by atoms with van der Waals surface area (Å²) in [5, 5.41) is 6.98. The van der Waals surface area contributed by atoms with Gasteiger partial charge in [-0.15, -0.1) is 0 Å². The maximum absolute atomic E-state index is 12.2. The molecule has 0 saturated carbocycles. The van der Waals surface area contributed by atoms with E-state index >= 15 is 0 Å². The van der Waals surface area contributed by atoms with Crippen LogP contribution in [0.5, 0.6) is 0 Å². The summed E-state index contributed by atoms with van der Waals surface area (Å²) in [4.78, 5) is 21.1. The van der Waals surface area contributed by atoms with E-state index in [1.165, 1.54) is 4.52 Å². The van der Waals surface area contributed by atoms with Gasteiger partial charge in [-0.05, 0) is 34.5 Å². The molecule has 0 radical (unpaired) electrons. The summed E-state index contributed by atoms with van der Waals surface area (Å²) in [6.07, 6.45) is 6.11. The van der Waals surface area contributed by atoms with Gasteiger partial charge >= 0.3 is 0 Å². The van der Waals surface area contributed by atoms with E-state index < -0.39 is 0 Å². The number of amides is 1. The maximum atomic E-state index is 12.2. The lowest BCUT2D eigenvalue weighted by Gasteiger charge is -2.08. The topological polar surface area (TPSA) is 85.3 Å². The van der Waals surface area contributed by atoms with Crippen LogP contribution in [0, 0.1) is 0 Å². The molecule has 3 aromatic rings. The van der Waals surface area contributed by atoms with Crippen molar-refractivity contribution in [2.45, 2.75) is 32.6 Å². The number of carbonyl (C=O) groups excluding carboxylic acids is 1. The largest absolute Gasteiger partial charge is 0.469 e. The number of rotatable bonds is 6. The van der Waals surface area contributed by atoms with Gasteiger partial charge in [-0.1, -0.05) is 13.3 Å². The van der Waals surface area contributed by atoms with E-state index in [1.54, 1.807) is 24.6 Å². The number of furan rings is 1. The van der Waals surface area contributed by atoms with Gasteiger partial charge in [-0.25, -0.2) is 4.98 Å². The number of carbonyl (C=O) groups is 1. The minimum Gasteiger partial charge on any atom is -0.469 e. The van der Waals surface area contributed by atoms with Crippen LogP contribution in [0.1, 0.15) is 31.4 Å². The molecule has 7 nitrogen and oxygen atoms in total. The van der Waals surface area contributed by atoms with Gasteiger partial charge < -0.3 is 4.42 Å². The molecule has 3 rings (SSSR count). The highest BCUT2D eigenvalue weighted by molar-refractivity contribution is 9.10. The first kappa shape index (κ1) is 15.7. The summed E-state index contributed by atoms with van der Waals surface area (Å²) in [6, 6.07) is 3.51. The average molecular weight is 378 g/mol. The Balaban J connectivity index is 1.87. The molecule has 120 valence electrons. The summed E-state index contributed by atoms with van der Waals surface area (Å²) < 4.78 is 7.46. The Kier molecular flexibility index (Phi) is 4.71. The molecule has 0 aromatic carbocycles.